The average Bonchev–Trinajstić information content (AvgIpc) is 3.31. The fourth-order valence-corrected chi connectivity index (χ4v) is 4.24. The van der Waals surface area contributed by atoms with Crippen molar-refractivity contribution in [2.75, 3.05) is 5.75 Å². The van der Waals surface area contributed by atoms with Crippen LogP contribution in [-0.2, 0) is 4.79 Å². The van der Waals surface area contributed by atoms with E-state index in [1.54, 1.807) is 54.0 Å². The molecule has 8 nitrogen and oxygen atoms in total. The number of hydrogen-bond acceptors (Lipinski definition) is 7. The number of rotatable bonds is 5. The molecular weight excluding hydrogens is 434 g/mol. The molecule has 3 aromatic heterocycles. The summed E-state index contributed by atoms with van der Waals surface area (Å²) in [5, 5.41) is 2.57. The van der Waals surface area contributed by atoms with Crippen molar-refractivity contribution < 1.29 is 9.59 Å². The first-order valence-corrected chi connectivity index (χ1v) is 11.1. The Hall–Kier alpha value is -3.50. The predicted octanol–water partition coefficient (Wildman–Crippen LogP) is 2.70. The minimum atomic E-state index is -0.430. The molecule has 0 atom stereocenters. The Morgan fingerprint density at radius 2 is 1.97 bits per heavy atom. The second-order valence-corrected chi connectivity index (χ2v) is 8.40. The normalized spacial score (nSPS) is 10.7. The third kappa shape index (κ3) is 4.65. The number of fused-ring (bicyclic) bond motifs is 1. The lowest BCUT2D eigenvalue weighted by molar-refractivity contribution is -0.119. The average molecular weight is 452 g/mol. The van der Waals surface area contributed by atoms with Gasteiger partial charge >= 0.3 is 0 Å². The predicted molar refractivity (Wildman–Crippen MR) is 121 cm³/mol. The third-order valence-electron chi connectivity index (χ3n) is 4.27. The number of thiophene rings is 1. The van der Waals surface area contributed by atoms with E-state index in [1.807, 2.05) is 13.0 Å². The number of para-hydroxylation sites is 1. The van der Waals surface area contributed by atoms with Crippen LogP contribution in [-0.4, -0.2) is 32.1 Å². The van der Waals surface area contributed by atoms with Gasteiger partial charge in [-0.3, -0.25) is 25.2 Å². The lowest BCUT2D eigenvalue weighted by Crippen LogP contribution is -2.42. The quantitative estimate of drug-likeness (QED) is 0.275. The van der Waals surface area contributed by atoms with Crippen LogP contribution >= 0.6 is 23.1 Å². The molecule has 4 rings (SSSR count). The summed E-state index contributed by atoms with van der Waals surface area (Å²) in [7, 11) is 0. The Morgan fingerprint density at radius 3 is 2.74 bits per heavy atom. The topological polar surface area (TPSA) is 106 Å². The van der Waals surface area contributed by atoms with Crippen molar-refractivity contribution in [3.8, 4) is 5.82 Å². The molecule has 0 saturated heterocycles. The molecule has 0 spiro atoms. The highest BCUT2D eigenvalue weighted by Gasteiger charge is 2.16. The number of carbonyl (C=O) groups excluding carboxylic acids is 2. The minimum absolute atomic E-state index is 0.0542. The van der Waals surface area contributed by atoms with Gasteiger partial charge in [-0.15, -0.1) is 11.3 Å². The van der Waals surface area contributed by atoms with Crippen molar-refractivity contribution in [1.82, 2.24) is 25.4 Å². The number of hydrogen-bond donors (Lipinski definition) is 2. The van der Waals surface area contributed by atoms with Crippen LogP contribution in [0.2, 0.25) is 0 Å². The highest BCUT2D eigenvalue weighted by atomic mass is 32.2. The highest BCUT2D eigenvalue weighted by Crippen LogP contribution is 2.20. The molecule has 1 aromatic carbocycles. The van der Waals surface area contributed by atoms with Crippen LogP contribution in [0.5, 0.6) is 0 Å². The van der Waals surface area contributed by atoms with Crippen molar-refractivity contribution in [3.63, 3.8) is 0 Å². The van der Waals surface area contributed by atoms with Gasteiger partial charge in [-0.05, 0) is 48.2 Å². The molecule has 10 heteroatoms. The van der Waals surface area contributed by atoms with E-state index in [1.165, 1.54) is 15.9 Å². The first-order chi connectivity index (χ1) is 15.0. The van der Waals surface area contributed by atoms with Gasteiger partial charge in [0.15, 0.2) is 5.16 Å². The zero-order valence-corrected chi connectivity index (χ0v) is 18.0. The van der Waals surface area contributed by atoms with Gasteiger partial charge in [0.1, 0.15) is 5.82 Å². The summed E-state index contributed by atoms with van der Waals surface area (Å²) in [5.74, 6) is -0.447. The van der Waals surface area contributed by atoms with Gasteiger partial charge in [0.25, 0.3) is 11.5 Å². The molecule has 0 radical (unpaired) electrons. The number of aromatic nitrogens is 3. The molecule has 0 saturated carbocycles. The summed E-state index contributed by atoms with van der Waals surface area (Å²) in [6.07, 6.45) is 1.62. The van der Waals surface area contributed by atoms with Gasteiger partial charge in [0, 0.05) is 6.20 Å². The fourth-order valence-electron chi connectivity index (χ4n) is 2.82. The number of pyridine rings is 1. The van der Waals surface area contributed by atoms with Gasteiger partial charge in [-0.2, -0.15) is 0 Å². The van der Waals surface area contributed by atoms with Crippen LogP contribution in [0.3, 0.4) is 0 Å². The number of hydrazine groups is 1. The van der Waals surface area contributed by atoms with E-state index < -0.39 is 11.8 Å². The van der Waals surface area contributed by atoms with Crippen molar-refractivity contribution in [1.29, 1.82) is 0 Å². The van der Waals surface area contributed by atoms with Crippen LogP contribution in [0.4, 0.5) is 0 Å². The lowest BCUT2D eigenvalue weighted by atomic mass is 10.2. The zero-order valence-electron chi connectivity index (χ0n) is 16.4. The van der Waals surface area contributed by atoms with Gasteiger partial charge in [0.2, 0.25) is 5.91 Å². The highest BCUT2D eigenvalue weighted by molar-refractivity contribution is 7.99. The molecule has 4 aromatic rings. The Labute approximate surface area is 185 Å². The maximum Gasteiger partial charge on any atom is 0.279 e. The number of thioether (sulfide) groups is 1. The van der Waals surface area contributed by atoms with Gasteiger partial charge in [0.05, 0.1) is 21.5 Å². The van der Waals surface area contributed by atoms with Crippen LogP contribution in [0, 0.1) is 6.92 Å². The molecule has 2 amide bonds. The van der Waals surface area contributed by atoms with Gasteiger partial charge in [-0.25, -0.2) is 14.5 Å². The van der Waals surface area contributed by atoms with Crippen molar-refractivity contribution in [3.05, 3.63) is 80.9 Å². The van der Waals surface area contributed by atoms with Crippen LogP contribution in [0.25, 0.3) is 16.7 Å². The fraction of sp³-hybridized carbons (Fsp3) is 0.0952. The number of benzene rings is 1. The van der Waals surface area contributed by atoms with Crippen LogP contribution in [0.15, 0.2) is 70.1 Å². The SMILES string of the molecule is Cc1ccnc(-n2c(SCC(=O)NNC(=O)c3cccs3)nc3ccccc3c2=O)c1. The number of aryl methyl sites for hydroxylation is 1. The summed E-state index contributed by atoms with van der Waals surface area (Å²) < 4.78 is 1.40. The molecule has 0 aliphatic carbocycles. The summed E-state index contributed by atoms with van der Waals surface area (Å²) in [4.78, 5) is 46.8. The summed E-state index contributed by atoms with van der Waals surface area (Å²) in [6, 6.07) is 14.0. The van der Waals surface area contributed by atoms with Crippen molar-refractivity contribution in [2.45, 2.75) is 12.1 Å². The second kappa shape index (κ2) is 9.11. The number of nitrogens with one attached hydrogen (secondary N) is 2. The zero-order chi connectivity index (χ0) is 21.8. The maximum absolute atomic E-state index is 13.2. The lowest BCUT2D eigenvalue weighted by Gasteiger charge is -2.13. The molecule has 0 bridgehead atoms. The van der Waals surface area contributed by atoms with E-state index in [9.17, 15) is 14.4 Å². The van der Waals surface area contributed by atoms with E-state index in [-0.39, 0.29) is 11.3 Å². The number of carbonyl (C=O) groups is 2. The molecule has 2 N–H and O–H groups in total. The summed E-state index contributed by atoms with van der Waals surface area (Å²) in [5.41, 5.74) is 5.96. The van der Waals surface area contributed by atoms with E-state index in [0.717, 1.165) is 17.3 Å². The van der Waals surface area contributed by atoms with E-state index in [2.05, 4.69) is 20.8 Å². The Kier molecular flexibility index (Phi) is 6.10. The first kappa shape index (κ1) is 20.8. The Balaban J connectivity index is 1.58. The van der Waals surface area contributed by atoms with Crippen molar-refractivity contribution in [2.24, 2.45) is 0 Å². The molecule has 3 heterocycles. The van der Waals surface area contributed by atoms with E-state index in [4.69, 9.17) is 0 Å². The summed E-state index contributed by atoms with van der Waals surface area (Å²) >= 11 is 2.36. The molecule has 0 aliphatic rings. The smallest absolute Gasteiger partial charge is 0.272 e. The van der Waals surface area contributed by atoms with Gasteiger partial charge < -0.3 is 0 Å². The van der Waals surface area contributed by atoms with Crippen LogP contribution < -0.4 is 16.4 Å². The molecule has 0 unspecified atom stereocenters. The standard InChI is InChI=1S/C21H17N5O3S2/c1-13-8-9-22-17(11-13)26-20(29)14-5-2-3-6-15(14)23-21(26)31-12-18(27)24-25-19(28)16-7-4-10-30-16/h2-11H,12H2,1H3,(H,24,27)(H,25,28). The molecule has 156 valence electrons. The number of nitrogens with zero attached hydrogens (tertiary/aromatic N) is 3. The van der Waals surface area contributed by atoms with Gasteiger partial charge in [-0.1, -0.05) is 30.0 Å². The molecule has 0 aliphatic heterocycles. The van der Waals surface area contributed by atoms with E-state index >= 15 is 0 Å². The molecule has 31 heavy (non-hydrogen) atoms. The molecular formula is C21H17N5O3S2. The third-order valence-corrected chi connectivity index (χ3v) is 6.08. The second-order valence-electron chi connectivity index (χ2n) is 6.51. The minimum Gasteiger partial charge on any atom is -0.272 e. The Morgan fingerprint density at radius 1 is 1.13 bits per heavy atom. The summed E-state index contributed by atoms with van der Waals surface area (Å²) in [6.45, 7) is 1.90. The first-order valence-electron chi connectivity index (χ1n) is 9.23. The largest absolute Gasteiger partial charge is 0.279 e. The monoisotopic (exact) mass is 451 g/mol. The van der Waals surface area contributed by atoms with E-state index in [0.29, 0.717) is 26.8 Å². The maximum atomic E-state index is 13.2. The Bertz CT molecular complexity index is 1320. The number of amides is 2. The molecule has 0 fully saturated rings. The van der Waals surface area contributed by atoms with Crippen molar-refractivity contribution >= 4 is 45.8 Å². The van der Waals surface area contributed by atoms with Crippen LogP contribution in [0.1, 0.15) is 15.2 Å².